The lowest BCUT2D eigenvalue weighted by Crippen LogP contribution is -2.35. The van der Waals surface area contributed by atoms with Gasteiger partial charge in [0.05, 0.1) is 24.9 Å². The molecule has 1 N–H and O–H groups in total. The lowest BCUT2D eigenvalue weighted by atomic mass is 10.1. The Hall–Kier alpha value is -1.78. The summed E-state index contributed by atoms with van der Waals surface area (Å²) in [6.45, 7) is 6.38. The molecule has 4 heteroatoms. The molecule has 2 heterocycles. The third-order valence-corrected chi connectivity index (χ3v) is 3.70. The lowest BCUT2D eigenvalue weighted by molar-refractivity contribution is 0.0755. The van der Waals surface area contributed by atoms with Crippen LogP contribution in [-0.4, -0.2) is 29.7 Å². The molecule has 0 amide bonds. The number of aryl methyl sites for hydroxylation is 2. The zero-order valence-electron chi connectivity index (χ0n) is 12.6. The van der Waals surface area contributed by atoms with Crippen molar-refractivity contribution in [3.05, 3.63) is 58.7 Å². The van der Waals surface area contributed by atoms with Crippen LogP contribution in [0.1, 0.15) is 34.4 Å². The normalized spacial score (nSPS) is 18.7. The van der Waals surface area contributed by atoms with Crippen LogP contribution in [0.5, 0.6) is 0 Å². The highest BCUT2D eigenvalue weighted by Crippen LogP contribution is 2.16. The van der Waals surface area contributed by atoms with E-state index in [4.69, 9.17) is 4.74 Å². The molecule has 1 aromatic carbocycles. The second kappa shape index (κ2) is 6.33. The van der Waals surface area contributed by atoms with Crippen molar-refractivity contribution in [2.75, 3.05) is 19.8 Å². The van der Waals surface area contributed by atoms with Gasteiger partial charge in [0.2, 0.25) is 0 Å². The summed E-state index contributed by atoms with van der Waals surface area (Å²) in [4.78, 5) is 9.13. The Morgan fingerprint density at radius 3 is 2.71 bits per heavy atom. The van der Waals surface area contributed by atoms with Gasteiger partial charge in [-0.3, -0.25) is 0 Å². The van der Waals surface area contributed by atoms with Crippen molar-refractivity contribution in [1.29, 1.82) is 0 Å². The van der Waals surface area contributed by atoms with E-state index in [0.717, 1.165) is 36.8 Å². The second-order valence-electron chi connectivity index (χ2n) is 5.58. The molecule has 4 nitrogen and oxygen atoms in total. The molecular formula is C17H21N3O. The Balaban J connectivity index is 1.81. The molecule has 1 aliphatic rings. The van der Waals surface area contributed by atoms with E-state index in [1.54, 1.807) is 0 Å². The van der Waals surface area contributed by atoms with Crippen LogP contribution in [0.25, 0.3) is 0 Å². The fraction of sp³-hybridized carbons (Fsp3) is 0.412. The van der Waals surface area contributed by atoms with Gasteiger partial charge in [-0.05, 0) is 25.5 Å². The summed E-state index contributed by atoms with van der Waals surface area (Å²) in [5, 5.41) is 3.45. The fourth-order valence-corrected chi connectivity index (χ4v) is 2.59. The minimum Gasteiger partial charge on any atom is -0.378 e. The van der Waals surface area contributed by atoms with Gasteiger partial charge in [-0.1, -0.05) is 29.8 Å². The van der Waals surface area contributed by atoms with Gasteiger partial charge in [0.1, 0.15) is 5.82 Å². The second-order valence-corrected chi connectivity index (χ2v) is 5.58. The molecule has 0 unspecified atom stereocenters. The van der Waals surface area contributed by atoms with Gasteiger partial charge in [-0.15, -0.1) is 0 Å². The smallest absolute Gasteiger partial charge is 0.125 e. The summed E-state index contributed by atoms with van der Waals surface area (Å²) < 4.78 is 5.52. The summed E-state index contributed by atoms with van der Waals surface area (Å²) in [7, 11) is 0. The van der Waals surface area contributed by atoms with Gasteiger partial charge in [-0.25, -0.2) is 9.97 Å². The molecule has 1 saturated heterocycles. The largest absolute Gasteiger partial charge is 0.378 e. The zero-order chi connectivity index (χ0) is 14.7. The number of hydrogen-bond donors (Lipinski definition) is 1. The van der Waals surface area contributed by atoms with Crippen molar-refractivity contribution >= 4 is 0 Å². The van der Waals surface area contributed by atoms with Crippen LogP contribution < -0.4 is 5.32 Å². The molecule has 2 aromatic rings. The number of hydrogen-bond acceptors (Lipinski definition) is 4. The van der Waals surface area contributed by atoms with Crippen LogP contribution in [0.3, 0.4) is 0 Å². The van der Waals surface area contributed by atoms with Crippen LogP contribution in [0.2, 0.25) is 0 Å². The summed E-state index contributed by atoms with van der Waals surface area (Å²) in [5.41, 5.74) is 4.65. The standard InChI is InChI=1S/C17H21N3O/c1-12-3-5-14(6-4-12)9-15-10-16(20-13(2)19-15)17-11-21-8-7-18-17/h3-6,10,17-18H,7-9,11H2,1-2H3/t17-/m1/s1. The Morgan fingerprint density at radius 1 is 1.19 bits per heavy atom. The molecular weight excluding hydrogens is 262 g/mol. The fourth-order valence-electron chi connectivity index (χ4n) is 2.59. The Bertz CT molecular complexity index is 604. The first-order chi connectivity index (χ1) is 10.2. The highest BCUT2D eigenvalue weighted by Gasteiger charge is 2.17. The molecule has 21 heavy (non-hydrogen) atoms. The lowest BCUT2D eigenvalue weighted by Gasteiger charge is -2.23. The highest BCUT2D eigenvalue weighted by molar-refractivity contribution is 5.27. The first kappa shape index (κ1) is 14.2. The Morgan fingerprint density at radius 2 is 2.00 bits per heavy atom. The SMILES string of the molecule is Cc1ccc(Cc2cc([C@H]3COCCN3)nc(C)n2)cc1. The summed E-state index contributed by atoms with van der Waals surface area (Å²) in [6.07, 6.45) is 0.838. The zero-order valence-corrected chi connectivity index (χ0v) is 12.6. The number of nitrogens with one attached hydrogen (secondary N) is 1. The van der Waals surface area contributed by atoms with Crippen molar-refractivity contribution in [3.63, 3.8) is 0 Å². The van der Waals surface area contributed by atoms with Gasteiger partial charge in [-0.2, -0.15) is 0 Å². The third-order valence-electron chi connectivity index (χ3n) is 3.70. The van der Waals surface area contributed by atoms with Crippen molar-refractivity contribution in [1.82, 2.24) is 15.3 Å². The maximum atomic E-state index is 5.52. The maximum Gasteiger partial charge on any atom is 0.125 e. The van der Waals surface area contributed by atoms with Gasteiger partial charge in [0, 0.05) is 18.7 Å². The van der Waals surface area contributed by atoms with Gasteiger partial charge < -0.3 is 10.1 Å². The minimum absolute atomic E-state index is 0.178. The van der Waals surface area contributed by atoms with Crippen LogP contribution in [0.15, 0.2) is 30.3 Å². The van der Waals surface area contributed by atoms with Crippen molar-refractivity contribution < 1.29 is 4.74 Å². The maximum absolute atomic E-state index is 5.52. The summed E-state index contributed by atoms with van der Waals surface area (Å²) in [6, 6.07) is 10.9. The number of aromatic nitrogens is 2. The molecule has 0 bridgehead atoms. The first-order valence-electron chi connectivity index (χ1n) is 7.42. The third kappa shape index (κ3) is 3.65. The highest BCUT2D eigenvalue weighted by atomic mass is 16.5. The van der Waals surface area contributed by atoms with E-state index in [1.807, 2.05) is 6.92 Å². The molecule has 0 radical (unpaired) electrons. The molecule has 1 aliphatic heterocycles. The summed E-state index contributed by atoms with van der Waals surface area (Å²) >= 11 is 0. The monoisotopic (exact) mass is 283 g/mol. The molecule has 0 saturated carbocycles. The van der Waals surface area contributed by atoms with Crippen LogP contribution in [-0.2, 0) is 11.2 Å². The van der Waals surface area contributed by atoms with Gasteiger partial charge >= 0.3 is 0 Å². The molecule has 110 valence electrons. The molecule has 1 atom stereocenters. The van der Waals surface area contributed by atoms with Crippen molar-refractivity contribution in [2.24, 2.45) is 0 Å². The van der Waals surface area contributed by atoms with Crippen molar-refractivity contribution in [2.45, 2.75) is 26.3 Å². The number of rotatable bonds is 3. The van der Waals surface area contributed by atoms with Crippen LogP contribution in [0, 0.1) is 13.8 Å². The van der Waals surface area contributed by atoms with Crippen LogP contribution in [0.4, 0.5) is 0 Å². The number of ether oxygens (including phenoxy) is 1. The predicted molar refractivity (Wildman–Crippen MR) is 82.3 cm³/mol. The average Bonchev–Trinajstić information content (AvgIpc) is 2.50. The van der Waals surface area contributed by atoms with Gasteiger partial charge in [0.15, 0.2) is 0 Å². The van der Waals surface area contributed by atoms with E-state index in [1.165, 1.54) is 11.1 Å². The molecule has 0 spiro atoms. The molecule has 0 aliphatic carbocycles. The van der Waals surface area contributed by atoms with E-state index >= 15 is 0 Å². The average molecular weight is 283 g/mol. The first-order valence-corrected chi connectivity index (χ1v) is 7.42. The van der Waals surface area contributed by atoms with E-state index in [2.05, 4.69) is 52.5 Å². The summed E-state index contributed by atoms with van der Waals surface area (Å²) in [5.74, 6) is 0.821. The van der Waals surface area contributed by atoms with E-state index in [0.29, 0.717) is 6.61 Å². The number of nitrogens with zero attached hydrogens (tertiary/aromatic N) is 2. The van der Waals surface area contributed by atoms with E-state index in [9.17, 15) is 0 Å². The van der Waals surface area contributed by atoms with Crippen LogP contribution >= 0.6 is 0 Å². The predicted octanol–water partition coefficient (Wildman–Crippen LogP) is 2.35. The van der Waals surface area contributed by atoms with E-state index < -0.39 is 0 Å². The van der Waals surface area contributed by atoms with E-state index in [-0.39, 0.29) is 6.04 Å². The number of morpholine rings is 1. The molecule has 1 fully saturated rings. The minimum atomic E-state index is 0.178. The topological polar surface area (TPSA) is 47.0 Å². The Labute approximate surface area is 125 Å². The number of benzene rings is 1. The Kier molecular flexibility index (Phi) is 4.27. The molecule has 1 aromatic heterocycles. The van der Waals surface area contributed by atoms with Gasteiger partial charge in [0.25, 0.3) is 0 Å². The van der Waals surface area contributed by atoms with Crippen molar-refractivity contribution in [3.8, 4) is 0 Å². The quantitative estimate of drug-likeness (QED) is 0.939. The molecule has 3 rings (SSSR count).